The molecule has 6 nitrogen and oxygen atoms in total. The lowest BCUT2D eigenvalue weighted by Gasteiger charge is -2.41. The van der Waals surface area contributed by atoms with E-state index in [0.717, 1.165) is 64.3 Å². The average Bonchev–Trinajstić information content (AvgIpc) is 3.51. The van der Waals surface area contributed by atoms with Gasteiger partial charge in [0.2, 0.25) is 11.8 Å². The Morgan fingerprint density at radius 1 is 1.00 bits per heavy atom. The second kappa shape index (κ2) is 10.2. The zero-order valence-corrected chi connectivity index (χ0v) is 19.4. The number of amides is 3. The molecule has 1 aromatic heterocycles. The number of nitrogens with one attached hydrogen (secondary N) is 1. The van der Waals surface area contributed by atoms with Crippen LogP contribution in [0.25, 0.3) is 0 Å². The molecule has 2 atom stereocenters. The number of likely N-dealkylation sites (tertiary alicyclic amines) is 2. The summed E-state index contributed by atoms with van der Waals surface area (Å²) in [4.78, 5) is 43.8. The summed E-state index contributed by atoms with van der Waals surface area (Å²) in [5.41, 5.74) is 0. The van der Waals surface area contributed by atoms with E-state index >= 15 is 0 Å². The Morgan fingerprint density at radius 3 is 2.35 bits per heavy atom. The van der Waals surface area contributed by atoms with Crippen molar-refractivity contribution in [1.29, 1.82) is 0 Å². The SMILES string of the molecule is C[C@H]1CCCCN1C(=O)[C@H](NC(=O)c1cccs1)C1CCN(C(=O)C2CCCC2)CC1. The van der Waals surface area contributed by atoms with Gasteiger partial charge < -0.3 is 15.1 Å². The van der Waals surface area contributed by atoms with E-state index in [-0.39, 0.29) is 29.7 Å². The molecule has 170 valence electrons. The maximum Gasteiger partial charge on any atom is 0.262 e. The van der Waals surface area contributed by atoms with Crippen molar-refractivity contribution < 1.29 is 14.4 Å². The number of carbonyl (C=O) groups excluding carboxylic acids is 3. The molecule has 2 saturated heterocycles. The summed E-state index contributed by atoms with van der Waals surface area (Å²) >= 11 is 1.40. The number of piperidine rings is 2. The standard InChI is InChI=1S/C24H35N3O3S/c1-17-7-4-5-13-27(17)24(30)21(25-22(28)20-10-6-16-31-20)18-11-14-26(15-12-18)23(29)19-8-2-3-9-19/h6,10,16-19,21H,2-5,7-9,11-15H2,1H3,(H,25,28)/t17-,21+/m0/s1. The number of hydrogen-bond acceptors (Lipinski definition) is 4. The summed E-state index contributed by atoms with van der Waals surface area (Å²) in [5, 5.41) is 4.96. The Hall–Kier alpha value is -1.89. The van der Waals surface area contributed by atoms with Gasteiger partial charge in [-0.1, -0.05) is 18.9 Å². The van der Waals surface area contributed by atoms with Gasteiger partial charge in [-0.05, 0) is 69.2 Å². The molecular weight excluding hydrogens is 410 g/mol. The molecule has 0 aromatic carbocycles. The van der Waals surface area contributed by atoms with Crippen molar-refractivity contribution in [3.8, 4) is 0 Å². The van der Waals surface area contributed by atoms with Crippen LogP contribution in [-0.4, -0.2) is 59.2 Å². The molecule has 0 bridgehead atoms. The monoisotopic (exact) mass is 445 g/mol. The minimum absolute atomic E-state index is 0.0534. The molecule has 7 heteroatoms. The van der Waals surface area contributed by atoms with E-state index in [9.17, 15) is 14.4 Å². The fourth-order valence-electron chi connectivity index (χ4n) is 5.49. The van der Waals surface area contributed by atoms with Gasteiger partial charge in [-0.15, -0.1) is 11.3 Å². The van der Waals surface area contributed by atoms with Gasteiger partial charge in [0.25, 0.3) is 5.91 Å². The molecule has 31 heavy (non-hydrogen) atoms. The third kappa shape index (κ3) is 5.13. The van der Waals surface area contributed by atoms with Crippen molar-refractivity contribution in [3.63, 3.8) is 0 Å². The van der Waals surface area contributed by atoms with Gasteiger partial charge in [0.05, 0.1) is 4.88 Å². The summed E-state index contributed by atoms with van der Waals surface area (Å²) in [6.07, 6.45) is 9.08. The Balaban J connectivity index is 1.44. The van der Waals surface area contributed by atoms with Crippen LogP contribution in [0.1, 0.15) is 74.4 Å². The third-order valence-corrected chi connectivity index (χ3v) is 8.28. The zero-order valence-electron chi connectivity index (χ0n) is 18.6. The topological polar surface area (TPSA) is 69.7 Å². The molecule has 0 radical (unpaired) electrons. The van der Waals surface area contributed by atoms with Crippen LogP contribution in [0.2, 0.25) is 0 Å². The lowest BCUT2D eigenvalue weighted by atomic mass is 9.87. The molecule has 3 aliphatic rings. The Bertz CT molecular complexity index is 767. The van der Waals surface area contributed by atoms with Gasteiger partial charge in [-0.2, -0.15) is 0 Å². The van der Waals surface area contributed by atoms with Gasteiger partial charge >= 0.3 is 0 Å². The minimum atomic E-state index is -0.515. The maximum absolute atomic E-state index is 13.6. The van der Waals surface area contributed by atoms with Gasteiger partial charge in [-0.3, -0.25) is 14.4 Å². The van der Waals surface area contributed by atoms with Crippen molar-refractivity contribution in [1.82, 2.24) is 15.1 Å². The van der Waals surface area contributed by atoms with Crippen LogP contribution in [0.5, 0.6) is 0 Å². The van der Waals surface area contributed by atoms with Crippen molar-refractivity contribution in [2.75, 3.05) is 19.6 Å². The number of thiophene rings is 1. The Morgan fingerprint density at radius 2 is 1.71 bits per heavy atom. The smallest absolute Gasteiger partial charge is 0.262 e. The van der Waals surface area contributed by atoms with E-state index in [4.69, 9.17) is 0 Å². The second-order valence-electron chi connectivity index (χ2n) is 9.45. The first-order valence-electron chi connectivity index (χ1n) is 12.0. The van der Waals surface area contributed by atoms with Crippen LogP contribution in [0.15, 0.2) is 17.5 Å². The molecule has 3 heterocycles. The Kier molecular flexibility index (Phi) is 7.31. The third-order valence-electron chi connectivity index (χ3n) is 7.41. The van der Waals surface area contributed by atoms with Gasteiger partial charge in [0, 0.05) is 31.6 Å². The molecule has 1 N–H and O–H groups in total. The minimum Gasteiger partial charge on any atom is -0.342 e. The molecule has 1 saturated carbocycles. The molecule has 4 rings (SSSR count). The van der Waals surface area contributed by atoms with Crippen LogP contribution in [-0.2, 0) is 9.59 Å². The van der Waals surface area contributed by atoms with Crippen LogP contribution in [0, 0.1) is 11.8 Å². The molecule has 0 spiro atoms. The van der Waals surface area contributed by atoms with Crippen molar-refractivity contribution in [2.24, 2.45) is 11.8 Å². The quantitative estimate of drug-likeness (QED) is 0.752. The lowest BCUT2D eigenvalue weighted by Crippen LogP contribution is -2.57. The van der Waals surface area contributed by atoms with Crippen molar-refractivity contribution in [3.05, 3.63) is 22.4 Å². The first kappa shape index (κ1) is 22.3. The summed E-state index contributed by atoms with van der Waals surface area (Å²) in [6.45, 7) is 4.25. The highest BCUT2D eigenvalue weighted by Gasteiger charge is 2.39. The number of hydrogen-bond donors (Lipinski definition) is 1. The molecule has 3 fully saturated rings. The van der Waals surface area contributed by atoms with E-state index in [0.29, 0.717) is 23.9 Å². The maximum atomic E-state index is 13.6. The molecule has 2 aliphatic heterocycles. The Labute approximate surface area is 189 Å². The molecule has 0 unspecified atom stereocenters. The first-order valence-corrected chi connectivity index (χ1v) is 12.9. The normalized spacial score (nSPS) is 24.2. The fraction of sp³-hybridized carbons (Fsp3) is 0.708. The van der Waals surface area contributed by atoms with Crippen LogP contribution in [0.4, 0.5) is 0 Å². The van der Waals surface area contributed by atoms with Gasteiger partial charge in [0.1, 0.15) is 6.04 Å². The highest BCUT2D eigenvalue weighted by atomic mass is 32.1. The average molecular weight is 446 g/mol. The molecule has 1 aromatic rings. The fourth-order valence-corrected chi connectivity index (χ4v) is 6.12. The summed E-state index contributed by atoms with van der Waals surface area (Å²) < 4.78 is 0. The van der Waals surface area contributed by atoms with Crippen molar-refractivity contribution in [2.45, 2.75) is 76.8 Å². The second-order valence-corrected chi connectivity index (χ2v) is 10.4. The van der Waals surface area contributed by atoms with E-state index in [1.54, 1.807) is 6.07 Å². The lowest BCUT2D eigenvalue weighted by molar-refractivity contribution is -0.139. The summed E-state index contributed by atoms with van der Waals surface area (Å²) in [7, 11) is 0. The van der Waals surface area contributed by atoms with Crippen LogP contribution >= 0.6 is 11.3 Å². The summed E-state index contributed by atoms with van der Waals surface area (Å²) in [6, 6.07) is 3.36. The number of carbonyl (C=O) groups is 3. The molecular formula is C24H35N3O3S. The van der Waals surface area contributed by atoms with Crippen LogP contribution in [0.3, 0.4) is 0 Å². The van der Waals surface area contributed by atoms with Crippen molar-refractivity contribution >= 4 is 29.1 Å². The van der Waals surface area contributed by atoms with Gasteiger partial charge in [-0.25, -0.2) is 0 Å². The van der Waals surface area contributed by atoms with E-state index in [2.05, 4.69) is 12.2 Å². The molecule has 3 amide bonds. The highest BCUT2D eigenvalue weighted by Crippen LogP contribution is 2.30. The predicted molar refractivity (Wildman–Crippen MR) is 122 cm³/mol. The highest BCUT2D eigenvalue weighted by molar-refractivity contribution is 7.12. The van der Waals surface area contributed by atoms with Crippen LogP contribution < -0.4 is 5.32 Å². The van der Waals surface area contributed by atoms with Gasteiger partial charge in [0.15, 0.2) is 0 Å². The molecule has 1 aliphatic carbocycles. The largest absolute Gasteiger partial charge is 0.342 e. The van der Waals surface area contributed by atoms with E-state index in [1.165, 1.54) is 11.3 Å². The van der Waals surface area contributed by atoms with E-state index < -0.39 is 6.04 Å². The predicted octanol–water partition coefficient (Wildman–Crippen LogP) is 3.68. The summed E-state index contributed by atoms with van der Waals surface area (Å²) in [5.74, 6) is 0.450. The number of nitrogens with zero attached hydrogens (tertiary/aromatic N) is 2. The van der Waals surface area contributed by atoms with E-state index in [1.807, 2.05) is 21.2 Å². The first-order chi connectivity index (χ1) is 15.0. The zero-order chi connectivity index (χ0) is 21.8. The number of rotatable bonds is 5.